The Morgan fingerprint density at radius 1 is 1.06 bits per heavy atom. The van der Waals surface area contributed by atoms with E-state index in [1.54, 1.807) is 13.8 Å². The maximum atomic E-state index is 9.58. The lowest BCUT2D eigenvalue weighted by Gasteiger charge is -2.26. The average molecular weight is 236 g/mol. The third kappa shape index (κ3) is 5.33. The van der Waals surface area contributed by atoms with Gasteiger partial charge in [0.25, 0.3) is 0 Å². The van der Waals surface area contributed by atoms with E-state index in [1.807, 2.05) is 18.2 Å². The SMILES string of the molecule is CC(C)(O)CCOCC(C)(C)c1ccccc1. The van der Waals surface area contributed by atoms with Gasteiger partial charge in [-0.15, -0.1) is 0 Å². The molecule has 1 aromatic carbocycles. The lowest BCUT2D eigenvalue weighted by atomic mass is 9.86. The molecule has 0 atom stereocenters. The van der Waals surface area contributed by atoms with Crippen LogP contribution in [0.1, 0.15) is 39.7 Å². The number of rotatable bonds is 6. The van der Waals surface area contributed by atoms with Gasteiger partial charge in [-0.1, -0.05) is 44.2 Å². The number of ether oxygens (including phenoxy) is 1. The maximum absolute atomic E-state index is 9.58. The molecule has 1 rings (SSSR count). The Morgan fingerprint density at radius 2 is 1.65 bits per heavy atom. The zero-order valence-corrected chi connectivity index (χ0v) is 11.4. The van der Waals surface area contributed by atoms with Crippen LogP contribution >= 0.6 is 0 Å². The van der Waals surface area contributed by atoms with E-state index in [-0.39, 0.29) is 5.41 Å². The molecule has 0 unspecified atom stereocenters. The van der Waals surface area contributed by atoms with Crippen LogP contribution < -0.4 is 0 Å². The fourth-order valence-corrected chi connectivity index (χ4v) is 1.62. The maximum Gasteiger partial charge on any atom is 0.0613 e. The summed E-state index contributed by atoms with van der Waals surface area (Å²) in [5.74, 6) is 0. The van der Waals surface area contributed by atoms with Crippen molar-refractivity contribution in [2.24, 2.45) is 0 Å². The van der Waals surface area contributed by atoms with Crippen molar-refractivity contribution in [2.45, 2.75) is 45.1 Å². The van der Waals surface area contributed by atoms with E-state index < -0.39 is 5.60 Å². The molecule has 0 aromatic heterocycles. The molecule has 0 fully saturated rings. The number of benzene rings is 1. The van der Waals surface area contributed by atoms with Crippen molar-refractivity contribution < 1.29 is 9.84 Å². The predicted molar refractivity (Wildman–Crippen MR) is 71.2 cm³/mol. The molecular weight excluding hydrogens is 212 g/mol. The zero-order chi connectivity index (χ0) is 12.9. The minimum Gasteiger partial charge on any atom is -0.390 e. The second kappa shape index (κ2) is 5.65. The second-order valence-electron chi connectivity index (χ2n) is 5.86. The van der Waals surface area contributed by atoms with Gasteiger partial charge in [0.15, 0.2) is 0 Å². The van der Waals surface area contributed by atoms with Crippen LogP contribution in [-0.4, -0.2) is 23.9 Å². The predicted octanol–water partition coefficient (Wildman–Crippen LogP) is 3.14. The van der Waals surface area contributed by atoms with Crippen molar-refractivity contribution in [2.75, 3.05) is 13.2 Å². The summed E-state index contributed by atoms with van der Waals surface area (Å²) in [5.41, 5.74) is 0.654. The van der Waals surface area contributed by atoms with Crippen LogP contribution in [0, 0.1) is 0 Å². The minimum atomic E-state index is -0.642. The van der Waals surface area contributed by atoms with E-state index in [1.165, 1.54) is 5.56 Å². The second-order valence-corrected chi connectivity index (χ2v) is 5.86. The third-order valence-corrected chi connectivity index (χ3v) is 2.88. The van der Waals surface area contributed by atoms with E-state index in [0.29, 0.717) is 19.6 Å². The van der Waals surface area contributed by atoms with Crippen molar-refractivity contribution in [1.82, 2.24) is 0 Å². The number of hydrogen-bond acceptors (Lipinski definition) is 2. The van der Waals surface area contributed by atoms with Crippen molar-refractivity contribution in [3.05, 3.63) is 35.9 Å². The molecule has 2 heteroatoms. The molecule has 96 valence electrons. The molecule has 2 nitrogen and oxygen atoms in total. The van der Waals surface area contributed by atoms with Gasteiger partial charge in [0, 0.05) is 12.0 Å². The third-order valence-electron chi connectivity index (χ3n) is 2.88. The van der Waals surface area contributed by atoms with Gasteiger partial charge in [0.05, 0.1) is 12.2 Å². The fraction of sp³-hybridized carbons (Fsp3) is 0.600. The van der Waals surface area contributed by atoms with Gasteiger partial charge in [0.1, 0.15) is 0 Å². The summed E-state index contributed by atoms with van der Waals surface area (Å²) >= 11 is 0. The summed E-state index contributed by atoms with van der Waals surface area (Å²) < 4.78 is 5.67. The van der Waals surface area contributed by atoms with Crippen molar-refractivity contribution in [3.8, 4) is 0 Å². The molecule has 0 spiro atoms. The molecule has 17 heavy (non-hydrogen) atoms. The molecule has 0 amide bonds. The molecule has 0 aliphatic carbocycles. The smallest absolute Gasteiger partial charge is 0.0613 e. The summed E-state index contributed by atoms with van der Waals surface area (Å²) in [4.78, 5) is 0. The molecule has 1 aromatic rings. The summed E-state index contributed by atoms with van der Waals surface area (Å²) in [6.45, 7) is 9.23. The standard InChI is InChI=1S/C15H24O2/c1-14(2,13-8-6-5-7-9-13)12-17-11-10-15(3,4)16/h5-9,16H,10-12H2,1-4H3. The summed E-state index contributed by atoms with van der Waals surface area (Å²) in [6, 6.07) is 10.4. The Morgan fingerprint density at radius 3 is 2.18 bits per heavy atom. The molecular formula is C15H24O2. The van der Waals surface area contributed by atoms with Crippen LogP contribution in [0.25, 0.3) is 0 Å². The minimum absolute atomic E-state index is 0.0147. The Labute approximate surface area is 105 Å². The van der Waals surface area contributed by atoms with Crippen molar-refractivity contribution in [3.63, 3.8) is 0 Å². The number of aliphatic hydroxyl groups is 1. The monoisotopic (exact) mass is 236 g/mol. The van der Waals surface area contributed by atoms with Gasteiger partial charge < -0.3 is 9.84 Å². The van der Waals surface area contributed by atoms with Crippen LogP contribution in [0.3, 0.4) is 0 Å². The highest BCUT2D eigenvalue weighted by Crippen LogP contribution is 2.23. The first-order valence-corrected chi connectivity index (χ1v) is 6.17. The van der Waals surface area contributed by atoms with Crippen molar-refractivity contribution >= 4 is 0 Å². The Hall–Kier alpha value is -0.860. The van der Waals surface area contributed by atoms with Crippen LogP contribution in [0.4, 0.5) is 0 Å². The van der Waals surface area contributed by atoms with Gasteiger partial charge in [-0.2, -0.15) is 0 Å². The lowest BCUT2D eigenvalue weighted by molar-refractivity contribution is 0.0179. The highest BCUT2D eigenvalue weighted by Gasteiger charge is 2.21. The molecule has 0 aliphatic rings. The molecule has 1 N–H and O–H groups in total. The molecule has 0 heterocycles. The Balaban J connectivity index is 2.41. The summed E-state index contributed by atoms with van der Waals surface area (Å²) in [7, 11) is 0. The van der Waals surface area contributed by atoms with Gasteiger partial charge in [-0.3, -0.25) is 0 Å². The van der Waals surface area contributed by atoms with Crippen LogP contribution in [0.15, 0.2) is 30.3 Å². The van der Waals surface area contributed by atoms with Crippen LogP contribution in [0.2, 0.25) is 0 Å². The number of hydrogen-bond donors (Lipinski definition) is 1. The first kappa shape index (κ1) is 14.2. The van der Waals surface area contributed by atoms with Crippen LogP contribution in [0.5, 0.6) is 0 Å². The van der Waals surface area contributed by atoms with Gasteiger partial charge >= 0.3 is 0 Å². The Bertz CT molecular complexity index is 323. The molecule has 0 radical (unpaired) electrons. The quantitative estimate of drug-likeness (QED) is 0.769. The lowest BCUT2D eigenvalue weighted by Crippen LogP contribution is -2.27. The van der Waals surface area contributed by atoms with E-state index in [0.717, 1.165) is 0 Å². The van der Waals surface area contributed by atoms with Crippen LogP contribution in [-0.2, 0) is 10.2 Å². The Kier molecular flexibility index (Phi) is 4.72. The van der Waals surface area contributed by atoms with Gasteiger partial charge in [-0.05, 0) is 25.8 Å². The van der Waals surface area contributed by atoms with Crippen molar-refractivity contribution in [1.29, 1.82) is 0 Å². The molecule has 0 bridgehead atoms. The van der Waals surface area contributed by atoms with Gasteiger partial charge in [0.2, 0.25) is 0 Å². The first-order valence-electron chi connectivity index (χ1n) is 6.17. The largest absolute Gasteiger partial charge is 0.390 e. The summed E-state index contributed by atoms with van der Waals surface area (Å²) in [5, 5.41) is 9.58. The summed E-state index contributed by atoms with van der Waals surface area (Å²) in [6.07, 6.45) is 0.665. The normalized spacial score (nSPS) is 12.8. The van der Waals surface area contributed by atoms with Gasteiger partial charge in [-0.25, -0.2) is 0 Å². The molecule has 0 saturated carbocycles. The molecule has 0 aliphatic heterocycles. The topological polar surface area (TPSA) is 29.5 Å². The first-order chi connectivity index (χ1) is 7.81. The van der Waals surface area contributed by atoms with E-state index in [9.17, 15) is 5.11 Å². The van der Waals surface area contributed by atoms with E-state index >= 15 is 0 Å². The fourth-order valence-electron chi connectivity index (χ4n) is 1.62. The molecule has 0 saturated heterocycles. The highest BCUT2D eigenvalue weighted by atomic mass is 16.5. The van der Waals surface area contributed by atoms with E-state index in [4.69, 9.17) is 4.74 Å². The average Bonchev–Trinajstić information content (AvgIpc) is 2.25. The van der Waals surface area contributed by atoms with E-state index in [2.05, 4.69) is 26.0 Å². The zero-order valence-electron chi connectivity index (χ0n) is 11.4. The highest BCUT2D eigenvalue weighted by molar-refractivity contribution is 5.23.